The summed E-state index contributed by atoms with van der Waals surface area (Å²) >= 11 is 0. The lowest BCUT2D eigenvalue weighted by atomic mass is 9.75. The van der Waals surface area contributed by atoms with E-state index in [1.54, 1.807) is 5.57 Å². The standard InChI is InChI=1S/C15H22O/c16-15-10-14(11-6-2-1-3-7-11)12-8-4-5-9-13(12)15/h11,14H,1-10H2/t14-/m1/s1. The van der Waals surface area contributed by atoms with Crippen LogP contribution < -0.4 is 0 Å². The number of allylic oxidation sites excluding steroid dienone is 2. The number of hydrogen-bond donors (Lipinski definition) is 0. The lowest BCUT2D eigenvalue weighted by Crippen LogP contribution is -2.18. The molecule has 0 bridgehead atoms. The molecule has 1 atom stereocenters. The maximum atomic E-state index is 12.0. The third-order valence-electron chi connectivity index (χ3n) is 4.92. The van der Waals surface area contributed by atoms with Gasteiger partial charge in [-0.3, -0.25) is 4.79 Å². The Morgan fingerprint density at radius 2 is 1.62 bits per heavy atom. The van der Waals surface area contributed by atoms with E-state index in [-0.39, 0.29) is 0 Å². The van der Waals surface area contributed by atoms with Crippen LogP contribution in [0.1, 0.15) is 64.2 Å². The highest BCUT2D eigenvalue weighted by molar-refractivity contribution is 5.99. The van der Waals surface area contributed by atoms with Gasteiger partial charge in [-0.15, -0.1) is 0 Å². The van der Waals surface area contributed by atoms with Gasteiger partial charge in [0.1, 0.15) is 0 Å². The Balaban J connectivity index is 1.80. The van der Waals surface area contributed by atoms with E-state index < -0.39 is 0 Å². The van der Waals surface area contributed by atoms with Crippen LogP contribution in [0.25, 0.3) is 0 Å². The SMILES string of the molecule is O=C1C[C@H](C2CCCCC2)C2=C1CCCC2. The highest BCUT2D eigenvalue weighted by Crippen LogP contribution is 2.46. The van der Waals surface area contributed by atoms with Crippen LogP contribution in [-0.2, 0) is 4.79 Å². The second-order valence-electron chi connectivity index (χ2n) is 5.84. The van der Waals surface area contributed by atoms with Crippen molar-refractivity contribution in [2.75, 3.05) is 0 Å². The minimum absolute atomic E-state index is 0.505. The lowest BCUT2D eigenvalue weighted by molar-refractivity contribution is -0.115. The van der Waals surface area contributed by atoms with Gasteiger partial charge >= 0.3 is 0 Å². The Morgan fingerprint density at radius 1 is 0.875 bits per heavy atom. The predicted octanol–water partition coefficient (Wildman–Crippen LogP) is 4.03. The first-order valence-electron chi connectivity index (χ1n) is 7.11. The average Bonchev–Trinajstić information content (AvgIpc) is 2.69. The number of hydrogen-bond acceptors (Lipinski definition) is 1. The number of carbonyl (C=O) groups is 1. The third-order valence-corrected chi connectivity index (χ3v) is 4.92. The Kier molecular flexibility index (Phi) is 2.87. The number of rotatable bonds is 1. The molecule has 1 fully saturated rings. The van der Waals surface area contributed by atoms with Crippen molar-refractivity contribution in [1.82, 2.24) is 0 Å². The zero-order chi connectivity index (χ0) is 11.0. The molecule has 0 aromatic rings. The summed E-state index contributed by atoms with van der Waals surface area (Å²) in [6.07, 6.45) is 12.8. The summed E-state index contributed by atoms with van der Waals surface area (Å²) in [4.78, 5) is 12.0. The number of ketones is 1. The molecule has 1 saturated carbocycles. The Morgan fingerprint density at radius 3 is 2.44 bits per heavy atom. The molecule has 0 heterocycles. The summed E-state index contributed by atoms with van der Waals surface area (Å²) < 4.78 is 0. The Hall–Kier alpha value is -0.590. The van der Waals surface area contributed by atoms with Crippen molar-refractivity contribution in [3.63, 3.8) is 0 Å². The molecule has 0 unspecified atom stereocenters. The number of Topliss-reactive ketones (excluding diaryl/α,β-unsaturated/α-hetero) is 1. The van der Waals surface area contributed by atoms with Crippen LogP contribution >= 0.6 is 0 Å². The molecular weight excluding hydrogens is 196 g/mol. The molecule has 88 valence electrons. The summed E-state index contributed by atoms with van der Waals surface area (Å²) in [5.74, 6) is 2.02. The second-order valence-corrected chi connectivity index (χ2v) is 5.84. The topological polar surface area (TPSA) is 17.1 Å². The van der Waals surface area contributed by atoms with Gasteiger partial charge in [-0.1, -0.05) is 24.8 Å². The summed E-state index contributed by atoms with van der Waals surface area (Å²) in [5.41, 5.74) is 2.87. The van der Waals surface area contributed by atoms with Crippen molar-refractivity contribution in [2.24, 2.45) is 11.8 Å². The monoisotopic (exact) mass is 218 g/mol. The fourth-order valence-electron chi connectivity index (χ4n) is 4.09. The van der Waals surface area contributed by atoms with E-state index in [0.717, 1.165) is 18.8 Å². The van der Waals surface area contributed by atoms with Gasteiger partial charge in [0.15, 0.2) is 5.78 Å². The highest BCUT2D eigenvalue weighted by atomic mass is 16.1. The maximum Gasteiger partial charge on any atom is 0.159 e. The summed E-state index contributed by atoms with van der Waals surface area (Å²) in [5, 5.41) is 0. The second kappa shape index (κ2) is 4.35. The average molecular weight is 218 g/mol. The first-order chi connectivity index (χ1) is 7.86. The summed E-state index contributed by atoms with van der Waals surface area (Å²) in [7, 11) is 0. The fourth-order valence-corrected chi connectivity index (χ4v) is 4.09. The van der Waals surface area contributed by atoms with Gasteiger partial charge in [-0.05, 0) is 55.9 Å². The molecule has 0 aromatic carbocycles. The van der Waals surface area contributed by atoms with Crippen molar-refractivity contribution in [3.8, 4) is 0 Å². The quantitative estimate of drug-likeness (QED) is 0.649. The summed E-state index contributed by atoms with van der Waals surface area (Å²) in [6, 6.07) is 0. The van der Waals surface area contributed by atoms with Gasteiger partial charge in [0.05, 0.1) is 0 Å². The first kappa shape index (κ1) is 10.6. The minimum atomic E-state index is 0.505. The zero-order valence-electron chi connectivity index (χ0n) is 10.1. The van der Waals surface area contributed by atoms with Crippen molar-refractivity contribution in [2.45, 2.75) is 64.2 Å². The molecule has 0 N–H and O–H groups in total. The van der Waals surface area contributed by atoms with Gasteiger partial charge < -0.3 is 0 Å². The molecule has 3 aliphatic carbocycles. The fraction of sp³-hybridized carbons (Fsp3) is 0.800. The van der Waals surface area contributed by atoms with Crippen LogP contribution in [-0.4, -0.2) is 5.78 Å². The van der Waals surface area contributed by atoms with Gasteiger partial charge in [0.2, 0.25) is 0 Å². The molecule has 16 heavy (non-hydrogen) atoms. The van der Waals surface area contributed by atoms with Gasteiger partial charge in [-0.25, -0.2) is 0 Å². The van der Waals surface area contributed by atoms with Crippen LogP contribution in [0, 0.1) is 11.8 Å². The van der Waals surface area contributed by atoms with Gasteiger partial charge in [-0.2, -0.15) is 0 Å². The molecule has 0 saturated heterocycles. The van der Waals surface area contributed by atoms with Crippen molar-refractivity contribution in [3.05, 3.63) is 11.1 Å². The first-order valence-corrected chi connectivity index (χ1v) is 7.11. The Labute approximate surface area is 98.3 Å². The van der Waals surface area contributed by atoms with E-state index in [0.29, 0.717) is 11.7 Å². The van der Waals surface area contributed by atoms with Crippen LogP contribution in [0.15, 0.2) is 11.1 Å². The molecule has 0 amide bonds. The normalized spacial score (nSPS) is 32.0. The molecule has 0 aliphatic heterocycles. The van der Waals surface area contributed by atoms with Crippen molar-refractivity contribution < 1.29 is 4.79 Å². The van der Waals surface area contributed by atoms with Crippen LogP contribution in [0.3, 0.4) is 0 Å². The molecule has 1 heteroatoms. The molecule has 1 nitrogen and oxygen atoms in total. The lowest BCUT2D eigenvalue weighted by Gasteiger charge is -2.30. The third kappa shape index (κ3) is 1.74. The molecule has 0 spiro atoms. The van der Waals surface area contributed by atoms with Gasteiger partial charge in [0, 0.05) is 6.42 Å². The summed E-state index contributed by atoms with van der Waals surface area (Å²) in [6.45, 7) is 0. The minimum Gasteiger partial charge on any atom is -0.295 e. The van der Waals surface area contributed by atoms with E-state index in [2.05, 4.69) is 0 Å². The van der Waals surface area contributed by atoms with E-state index >= 15 is 0 Å². The molecule has 0 aromatic heterocycles. The van der Waals surface area contributed by atoms with E-state index in [1.807, 2.05) is 0 Å². The number of carbonyl (C=O) groups excluding carboxylic acids is 1. The van der Waals surface area contributed by atoms with Gasteiger partial charge in [0.25, 0.3) is 0 Å². The Bertz CT molecular complexity index is 320. The molecule has 3 aliphatic rings. The highest BCUT2D eigenvalue weighted by Gasteiger charge is 2.37. The zero-order valence-corrected chi connectivity index (χ0v) is 10.1. The van der Waals surface area contributed by atoms with E-state index in [1.165, 1.54) is 56.9 Å². The van der Waals surface area contributed by atoms with Crippen LogP contribution in [0.4, 0.5) is 0 Å². The van der Waals surface area contributed by atoms with E-state index in [4.69, 9.17) is 0 Å². The maximum absolute atomic E-state index is 12.0. The molecular formula is C15H22O. The van der Waals surface area contributed by atoms with Crippen molar-refractivity contribution in [1.29, 1.82) is 0 Å². The smallest absolute Gasteiger partial charge is 0.159 e. The molecule has 0 radical (unpaired) electrons. The largest absolute Gasteiger partial charge is 0.295 e. The van der Waals surface area contributed by atoms with Crippen molar-refractivity contribution >= 4 is 5.78 Å². The van der Waals surface area contributed by atoms with Crippen LogP contribution in [0.2, 0.25) is 0 Å². The van der Waals surface area contributed by atoms with Crippen LogP contribution in [0.5, 0.6) is 0 Å². The molecule has 3 rings (SSSR count). The van der Waals surface area contributed by atoms with E-state index in [9.17, 15) is 4.79 Å². The predicted molar refractivity (Wildman–Crippen MR) is 65.2 cm³/mol.